The summed E-state index contributed by atoms with van der Waals surface area (Å²) >= 11 is 0. The van der Waals surface area contributed by atoms with E-state index in [-0.39, 0.29) is 42.9 Å². The molecule has 3 atom stereocenters. The number of nitrogens with one attached hydrogen (secondary N) is 1. The molecule has 36 heavy (non-hydrogen) atoms. The maximum Gasteiger partial charge on any atom is 0.345 e. The molecule has 3 rings (SSSR count). The number of hydrogen-bond donors (Lipinski definition) is 3. The van der Waals surface area contributed by atoms with Crippen LogP contribution in [0.5, 0.6) is 5.75 Å². The standard InChI is InChI=1S/C27H34FN3O5/c1-17(2)25(27(34)35)36-21-11-9-18(10-12-21)16-30-26(33)23-8-5-13-31(23)24(32)15-20(29)14-19-6-3-4-7-22(19)28/h3-4,6-7,9-12,17,20,23,25H,5,8,13-16,29H2,1-2H3,(H,30,33)(H,34,35)/t20-,23+,25+/m1/s1. The third-order valence-corrected chi connectivity index (χ3v) is 6.25. The number of ether oxygens (including phenoxy) is 1. The number of carbonyl (C=O) groups is 3. The molecule has 8 nitrogen and oxygen atoms in total. The monoisotopic (exact) mass is 499 g/mol. The summed E-state index contributed by atoms with van der Waals surface area (Å²) in [6.45, 7) is 4.29. The van der Waals surface area contributed by atoms with Crippen molar-refractivity contribution in [2.45, 2.75) is 64.3 Å². The number of amides is 2. The third-order valence-electron chi connectivity index (χ3n) is 6.25. The van der Waals surface area contributed by atoms with Gasteiger partial charge in [-0.25, -0.2) is 9.18 Å². The minimum absolute atomic E-state index is 0.0350. The summed E-state index contributed by atoms with van der Waals surface area (Å²) in [6, 6.07) is 12.1. The lowest BCUT2D eigenvalue weighted by Crippen LogP contribution is -2.47. The molecule has 1 fully saturated rings. The Morgan fingerprint density at radius 1 is 1.17 bits per heavy atom. The average Bonchev–Trinajstić information content (AvgIpc) is 3.33. The van der Waals surface area contributed by atoms with Crippen molar-refractivity contribution in [2.24, 2.45) is 11.7 Å². The Labute approximate surface area is 210 Å². The first-order valence-corrected chi connectivity index (χ1v) is 12.2. The zero-order valence-electron chi connectivity index (χ0n) is 20.7. The zero-order valence-corrected chi connectivity index (χ0v) is 20.7. The predicted molar refractivity (Wildman–Crippen MR) is 133 cm³/mol. The highest BCUT2D eigenvalue weighted by Gasteiger charge is 2.34. The summed E-state index contributed by atoms with van der Waals surface area (Å²) in [6.07, 6.45) is 0.624. The average molecular weight is 500 g/mol. The fourth-order valence-corrected chi connectivity index (χ4v) is 4.31. The lowest BCUT2D eigenvalue weighted by molar-refractivity contribution is -0.147. The molecule has 1 aliphatic rings. The Kier molecular flexibility index (Phi) is 9.41. The lowest BCUT2D eigenvalue weighted by Gasteiger charge is -2.25. The van der Waals surface area contributed by atoms with Crippen LogP contribution in [0.3, 0.4) is 0 Å². The van der Waals surface area contributed by atoms with Crippen LogP contribution in [0.4, 0.5) is 4.39 Å². The van der Waals surface area contributed by atoms with Gasteiger partial charge in [-0.1, -0.05) is 44.2 Å². The first-order valence-electron chi connectivity index (χ1n) is 12.2. The van der Waals surface area contributed by atoms with Crippen LogP contribution in [0.1, 0.15) is 44.2 Å². The van der Waals surface area contributed by atoms with E-state index in [1.165, 1.54) is 6.07 Å². The van der Waals surface area contributed by atoms with Crippen LogP contribution < -0.4 is 15.8 Å². The molecule has 1 aliphatic heterocycles. The van der Waals surface area contributed by atoms with Crippen molar-refractivity contribution in [3.8, 4) is 5.75 Å². The van der Waals surface area contributed by atoms with Gasteiger partial charge in [0.1, 0.15) is 17.6 Å². The topological polar surface area (TPSA) is 122 Å². The summed E-state index contributed by atoms with van der Waals surface area (Å²) in [4.78, 5) is 38.6. The van der Waals surface area contributed by atoms with Gasteiger partial charge in [-0.3, -0.25) is 9.59 Å². The summed E-state index contributed by atoms with van der Waals surface area (Å²) in [5, 5.41) is 12.1. The number of carboxylic acids is 1. The van der Waals surface area contributed by atoms with Crippen LogP contribution in [0.15, 0.2) is 48.5 Å². The van der Waals surface area contributed by atoms with E-state index in [1.54, 1.807) is 61.2 Å². The normalized spacial score (nSPS) is 17.0. The highest BCUT2D eigenvalue weighted by molar-refractivity contribution is 5.88. The number of rotatable bonds is 11. The Balaban J connectivity index is 1.51. The zero-order chi connectivity index (χ0) is 26.2. The van der Waals surface area contributed by atoms with Crippen molar-refractivity contribution >= 4 is 17.8 Å². The Morgan fingerprint density at radius 2 is 1.86 bits per heavy atom. The number of likely N-dealkylation sites (tertiary alicyclic amines) is 1. The molecular weight excluding hydrogens is 465 g/mol. The highest BCUT2D eigenvalue weighted by atomic mass is 19.1. The predicted octanol–water partition coefficient (Wildman–Crippen LogP) is 2.88. The fourth-order valence-electron chi connectivity index (χ4n) is 4.31. The SMILES string of the molecule is CC(C)[C@H](Oc1ccc(CNC(=O)[C@@H]2CCCN2C(=O)C[C@H](N)Cc2ccccc2F)cc1)C(=O)O. The van der Waals surface area contributed by atoms with Gasteiger partial charge >= 0.3 is 5.97 Å². The molecule has 0 spiro atoms. The van der Waals surface area contributed by atoms with Gasteiger partial charge < -0.3 is 25.8 Å². The number of halogens is 1. The lowest BCUT2D eigenvalue weighted by atomic mass is 10.0. The van der Waals surface area contributed by atoms with E-state index in [0.717, 1.165) is 12.0 Å². The van der Waals surface area contributed by atoms with E-state index in [9.17, 15) is 23.9 Å². The summed E-state index contributed by atoms with van der Waals surface area (Å²) in [5.74, 6) is -1.57. The van der Waals surface area contributed by atoms with E-state index in [0.29, 0.717) is 24.3 Å². The molecule has 194 valence electrons. The number of carbonyl (C=O) groups excluding carboxylic acids is 2. The van der Waals surface area contributed by atoms with Crippen molar-refractivity contribution in [3.63, 3.8) is 0 Å². The number of benzene rings is 2. The summed E-state index contributed by atoms with van der Waals surface area (Å²) in [7, 11) is 0. The molecule has 0 radical (unpaired) electrons. The van der Waals surface area contributed by atoms with Gasteiger partial charge in [-0.2, -0.15) is 0 Å². The van der Waals surface area contributed by atoms with Gasteiger partial charge in [0.2, 0.25) is 11.8 Å². The first-order chi connectivity index (χ1) is 17.2. The van der Waals surface area contributed by atoms with Crippen LogP contribution >= 0.6 is 0 Å². The van der Waals surface area contributed by atoms with Gasteiger partial charge in [0, 0.05) is 31.5 Å². The highest BCUT2D eigenvalue weighted by Crippen LogP contribution is 2.21. The van der Waals surface area contributed by atoms with Crippen LogP contribution in [0.2, 0.25) is 0 Å². The Hall–Kier alpha value is -3.46. The van der Waals surface area contributed by atoms with E-state index in [1.807, 2.05) is 0 Å². The van der Waals surface area contributed by atoms with Gasteiger partial charge in [0.25, 0.3) is 0 Å². The molecule has 9 heteroatoms. The Bertz CT molecular complexity index is 1060. The minimum Gasteiger partial charge on any atom is -0.478 e. The van der Waals surface area contributed by atoms with E-state index < -0.39 is 24.2 Å². The maximum absolute atomic E-state index is 13.9. The van der Waals surface area contributed by atoms with Crippen molar-refractivity contribution in [3.05, 3.63) is 65.5 Å². The maximum atomic E-state index is 13.9. The van der Waals surface area contributed by atoms with Crippen molar-refractivity contribution in [1.29, 1.82) is 0 Å². The molecule has 2 amide bonds. The van der Waals surface area contributed by atoms with Gasteiger partial charge in [-0.05, 0) is 48.6 Å². The third kappa shape index (κ3) is 7.27. The van der Waals surface area contributed by atoms with E-state index in [4.69, 9.17) is 10.5 Å². The molecule has 0 aliphatic carbocycles. The molecule has 1 heterocycles. The number of carboxylic acid groups (broad SMARTS) is 1. The second kappa shape index (κ2) is 12.5. The second-order valence-electron chi connectivity index (χ2n) is 9.49. The molecular formula is C27H34FN3O5. The molecule has 0 bridgehead atoms. The van der Waals surface area contributed by atoms with E-state index >= 15 is 0 Å². The number of nitrogens with zero attached hydrogens (tertiary/aromatic N) is 1. The van der Waals surface area contributed by atoms with Crippen molar-refractivity contribution in [2.75, 3.05) is 6.54 Å². The van der Waals surface area contributed by atoms with Crippen LogP contribution in [-0.2, 0) is 27.3 Å². The van der Waals surface area contributed by atoms with Crippen molar-refractivity contribution < 1.29 is 28.6 Å². The van der Waals surface area contributed by atoms with Gasteiger partial charge in [-0.15, -0.1) is 0 Å². The second-order valence-corrected chi connectivity index (χ2v) is 9.49. The minimum atomic E-state index is -1.02. The molecule has 0 unspecified atom stereocenters. The number of hydrogen-bond acceptors (Lipinski definition) is 5. The van der Waals surface area contributed by atoms with Gasteiger partial charge in [0.15, 0.2) is 6.10 Å². The molecule has 2 aromatic carbocycles. The van der Waals surface area contributed by atoms with Crippen LogP contribution in [0, 0.1) is 11.7 Å². The number of aliphatic carboxylic acids is 1. The summed E-state index contributed by atoms with van der Waals surface area (Å²) in [5.41, 5.74) is 7.40. The molecule has 0 aromatic heterocycles. The van der Waals surface area contributed by atoms with Crippen LogP contribution in [-0.4, -0.2) is 52.5 Å². The summed E-state index contributed by atoms with van der Waals surface area (Å²) < 4.78 is 19.4. The fraction of sp³-hybridized carbons (Fsp3) is 0.444. The first kappa shape index (κ1) is 27.1. The van der Waals surface area contributed by atoms with E-state index in [2.05, 4.69) is 5.32 Å². The molecule has 4 N–H and O–H groups in total. The van der Waals surface area contributed by atoms with Crippen LogP contribution in [0.25, 0.3) is 0 Å². The molecule has 1 saturated heterocycles. The largest absolute Gasteiger partial charge is 0.478 e. The van der Waals surface area contributed by atoms with Crippen molar-refractivity contribution in [1.82, 2.24) is 10.2 Å². The number of nitrogens with two attached hydrogens (primary N) is 1. The molecule has 0 saturated carbocycles. The molecule has 2 aromatic rings. The Morgan fingerprint density at radius 3 is 2.50 bits per heavy atom. The van der Waals surface area contributed by atoms with Gasteiger partial charge in [0.05, 0.1) is 0 Å². The quantitative estimate of drug-likeness (QED) is 0.437. The smallest absolute Gasteiger partial charge is 0.345 e.